The van der Waals surface area contributed by atoms with Gasteiger partial charge in [-0.05, 0) is 23.9 Å². The summed E-state index contributed by atoms with van der Waals surface area (Å²) in [6.07, 6.45) is 1.25. The van der Waals surface area contributed by atoms with Crippen LogP contribution in [0.4, 0.5) is 8.78 Å². The second-order valence-electron chi connectivity index (χ2n) is 2.02. The number of thioether (sulfide) groups is 1. The van der Waals surface area contributed by atoms with Gasteiger partial charge in [0, 0.05) is 11.8 Å². The molecular weight excluding hydrogens is 200 g/mol. The third-order valence-corrected chi connectivity index (χ3v) is 1.92. The first-order valence-electron chi connectivity index (χ1n) is 3.22. The van der Waals surface area contributed by atoms with Gasteiger partial charge in [0.1, 0.15) is 5.03 Å². The Morgan fingerprint density at radius 1 is 1.62 bits per heavy atom. The number of carbonyl (C=O) groups is 1. The molecule has 0 aromatic carbocycles. The van der Waals surface area contributed by atoms with Crippen molar-refractivity contribution in [1.29, 1.82) is 0 Å². The van der Waals surface area contributed by atoms with Crippen molar-refractivity contribution in [3.63, 3.8) is 0 Å². The Balaban J connectivity index is 2.98. The number of carbonyl (C=O) groups excluding carboxylic acids is 1. The van der Waals surface area contributed by atoms with Crippen LogP contribution >= 0.6 is 11.8 Å². The van der Waals surface area contributed by atoms with Crippen molar-refractivity contribution in [2.24, 2.45) is 0 Å². The fourth-order valence-corrected chi connectivity index (χ4v) is 1.29. The van der Waals surface area contributed by atoms with E-state index in [1.807, 2.05) is 0 Å². The second kappa shape index (κ2) is 4.18. The van der Waals surface area contributed by atoms with Crippen LogP contribution in [0.2, 0.25) is 0 Å². The number of pyridine rings is 1. The van der Waals surface area contributed by atoms with Crippen LogP contribution in [-0.4, -0.2) is 16.7 Å². The zero-order chi connectivity index (χ0) is 9.84. The standard InChI is InChI=1S/C7H5F2NO2S/c8-7(9)13-5-4(6(11)12)2-1-3-10-5/h1-3,7H,(H,11,12)/p-1. The maximum Gasteiger partial charge on any atom is 0.290 e. The summed E-state index contributed by atoms with van der Waals surface area (Å²) < 4.78 is 23.7. The Morgan fingerprint density at radius 2 is 2.31 bits per heavy atom. The molecule has 0 aliphatic heterocycles. The van der Waals surface area contributed by atoms with Crippen molar-refractivity contribution in [3.8, 4) is 0 Å². The van der Waals surface area contributed by atoms with Crippen LogP contribution in [0.25, 0.3) is 0 Å². The van der Waals surface area contributed by atoms with Gasteiger partial charge < -0.3 is 9.90 Å². The normalized spacial score (nSPS) is 10.4. The van der Waals surface area contributed by atoms with Crippen LogP contribution in [0.5, 0.6) is 0 Å². The first-order valence-corrected chi connectivity index (χ1v) is 4.10. The maximum absolute atomic E-state index is 11.9. The minimum atomic E-state index is -2.69. The number of halogens is 2. The summed E-state index contributed by atoms with van der Waals surface area (Å²) in [7, 11) is 0. The molecule has 70 valence electrons. The Labute approximate surface area is 76.8 Å². The van der Waals surface area contributed by atoms with Gasteiger partial charge in [-0.3, -0.25) is 0 Å². The fraction of sp³-hybridized carbons (Fsp3) is 0.143. The molecule has 1 rings (SSSR count). The first-order chi connectivity index (χ1) is 6.11. The summed E-state index contributed by atoms with van der Waals surface area (Å²) in [5.41, 5.74) is -0.312. The topological polar surface area (TPSA) is 53.0 Å². The summed E-state index contributed by atoms with van der Waals surface area (Å²) in [6, 6.07) is 2.52. The molecule has 0 fully saturated rings. The molecule has 0 unspecified atom stereocenters. The summed E-state index contributed by atoms with van der Waals surface area (Å²) in [5, 5.41) is 10.2. The third-order valence-electron chi connectivity index (χ3n) is 1.19. The highest BCUT2D eigenvalue weighted by Crippen LogP contribution is 2.25. The van der Waals surface area contributed by atoms with Crippen molar-refractivity contribution in [1.82, 2.24) is 4.98 Å². The van der Waals surface area contributed by atoms with Crippen molar-refractivity contribution >= 4 is 17.7 Å². The minimum absolute atomic E-state index is 0.0881. The molecule has 13 heavy (non-hydrogen) atoms. The average Bonchev–Trinajstić information content (AvgIpc) is 2.03. The van der Waals surface area contributed by atoms with E-state index in [4.69, 9.17) is 0 Å². The molecule has 0 saturated carbocycles. The molecule has 6 heteroatoms. The Kier molecular flexibility index (Phi) is 3.18. The predicted molar refractivity (Wildman–Crippen MR) is 40.4 cm³/mol. The van der Waals surface area contributed by atoms with Gasteiger partial charge in [-0.25, -0.2) is 4.98 Å². The van der Waals surface area contributed by atoms with Crippen LogP contribution in [0, 0.1) is 0 Å². The summed E-state index contributed by atoms with van der Waals surface area (Å²) in [4.78, 5) is 13.9. The zero-order valence-corrected chi connectivity index (χ0v) is 7.05. The molecule has 1 aromatic rings. The molecule has 0 saturated heterocycles. The lowest BCUT2D eigenvalue weighted by molar-refractivity contribution is -0.255. The Morgan fingerprint density at radius 3 is 2.85 bits per heavy atom. The average molecular weight is 204 g/mol. The largest absolute Gasteiger partial charge is 0.545 e. The number of carboxylic acid groups (broad SMARTS) is 1. The number of hydrogen-bond donors (Lipinski definition) is 0. The third kappa shape index (κ3) is 2.66. The number of alkyl halides is 2. The van der Waals surface area contributed by atoms with E-state index in [9.17, 15) is 18.7 Å². The first kappa shape index (κ1) is 9.91. The van der Waals surface area contributed by atoms with Gasteiger partial charge in [0.2, 0.25) is 0 Å². The minimum Gasteiger partial charge on any atom is -0.545 e. The highest BCUT2D eigenvalue weighted by Gasteiger charge is 2.11. The molecule has 0 N–H and O–H groups in total. The van der Waals surface area contributed by atoms with Crippen molar-refractivity contribution in [2.75, 3.05) is 0 Å². The highest BCUT2D eigenvalue weighted by molar-refractivity contribution is 7.99. The van der Waals surface area contributed by atoms with Crippen LogP contribution < -0.4 is 5.11 Å². The smallest absolute Gasteiger partial charge is 0.290 e. The van der Waals surface area contributed by atoms with Crippen molar-refractivity contribution < 1.29 is 18.7 Å². The van der Waals surface area contributed by atoms with Gasteiger partial charge in [-0.2, -0.15) is 8.78 Å². The molecule has 0 bridgehead atoms. The zero-order valence-electron chi connectivity index (χ0n) is 6.24. The van der Waals surface area contributed by atoms with Crippen LogP contribution in [0.3, 0.4) is 0 Å². The Hall–Kier alpha value is -1.17. The van der Waals surface area contributed by atoms with Gasteiger partial charge >= 0.3 is 0 Å². The summed E-state index contributed by atoms with van der Waals surface area (Å²) in [6.45, 7) is 0. The molecule has 0 aliphatic rings. The maximum atomic E-state index is 11.9. The predicted octanol–water partition coefficient (Wildman–Crippen LogP) is 0.760. The van der Waals surface area contributed by atoms with Crippen LogP contribution in [-0.2, 0) is 0 Å². The number of nitrogens with zero attached hydrogens (tertiary/aromatic N) is 1. The van der Waals surface area contributed by atoms with E-state index < -0.39 is 11.7 Å². The summed E-state index contributed by atoms with van der Waals surface area (Å²) >= 11 is 0.0881. The van der Waals surface area contributed by atoms with Crippen LogP contribution in [0.15, 0.2) is 23.4 Å². The fourth-order valence-electron chi connectivity index (χ4n) is 0.724. The number of carboxylic acids is 1. The molecular formula is C7H4F2NO2S-. The lowest BCUT2D eigenvalue weighted by Gasteiger charge is -2.06. The van der Waals surface area contributed by atoms with Crippen molar-refractivity contribution in [2.45, 2.75) is 10.8 Å². The van der Waals surface area contributed by atoms with E-state index in [0.29, 0.717) is 0 Å². The lowest BCUT2D eigenvalue weighted by Crippen LogP contribution is -2.23. The molecule has 0 atom stereocenters. The second-order valence-corrected chi connectivity index (χ2v) is 3.00. The van der Waals surface area contributed by atoms with Crippen molar-refractivity contribution in [3.05, 3.63) is 23.9 Å². The molecule has 0 aliphatic carbocycles. The van der Waals surface area contributed by atoms with Gasteiger partial charge in [-0.15, -0.1) is 0 Å². The van der Waals surface area contributed by atoms with E-state index >= 15 is 0 Å². The van der Waals surface area contributed by atoms with Gasteiger partial charge in [-0.1, -0.05) is 0 Å². The van der Waals surface area contributed by atoms with E-state index in [2.05, 4.69) is 4.98 Å². The summed E-state index contributed by atoms with van der Waals surface area (Å²) in [5.74, 6) is -4.19. The SMILES string of the molecule is O=C([O-])c1cccnc1SC(F)F. The van der Waals surface area contributed by atoms with E-state index in [0.717, 1.165) is 0 Å². The molecule has 0 amide bonds. The number of aromatic carboxylic acids is 1. The molecule has 3 nitrogen and oxygen atoms in total. The van der Waals surface area contributed by atoms with Gasteiger partial charge in [0.15, 0.2) is 0 Å². The monoisotopic (exact) mass is 204 g/mol. The Bertz CT molecular complexity index is 319. The van der Waals surface area contributed by atoms with E-state index in [-0.39, 0.29) is 22.4 Å². The molecule has 0 spiro atoms. The van der Waals surface area contributed by atoms with E-state index in [1.165, 1.54) is 18.3 Å². The molecule has 1 heterocycles. The molecule has 1 aromatic heterocycles. The number of rotatable bonds is 3. The number of aromatic nitrogens is 1. The quantitative estimate of drug-likeness (QED) is 0.682. The van der Waals surface area contributed by atoms with E-state index in [1.54, 1.807) is 0 Å². The lowest BCUT2D eigenvalue weighted by atomic mass is 10.3. The number of hydrogen-bond acceptors (Lipinski definition) is 4. The molecule has 0 radical (unpaired) electrons. The highest BCUT2D eigenvalue weighted by atomic mass is 32.2. The van der Waals surface area contributed by atoms with Crippen LogP contribution in [0.1, 0.15) is 10.4 Å². The van der Waals surface area contributed by atoms with Gasteiger partial charge in [0.05, 0.1) is 5.97 Å². The van der Waals surface area contributed by atoms with Gasteiger partial charge in [0.25, 0.3) is 5.76 Å².